The maximum atomic E-state index is 5.54. The highest BCUT2D eigenvalue weighted by molar-refractivity contribution is 5.69. The molecule has 0 bridgehead atoms. The lowest BCUT2D eigenvalue weighted by molar-refractivity contribution is 1.13. The molecule has 0 saturated carbocycles. The van der Waals surface area contributed by atoms with Crippen LogP contribution in [0.15, 0.2) is 36.5 Å². The first-order valence-corrected chi connectivity index (χ1v) is 5.08. The SMILES string of the molecule is Cc1cnc(N)nc1/C=C/c1ccccc1. The fourth-order valence-electron chi connectivity index (χ4n) is 1.38. The van der Waals surface area contributed by atoms with Crippen LogP contribution in [0.5, 0.6) is 0 Å². The zero-order valence-electron chi connectivity index (χ0n) is 9.09. The maximum absolute atomic E-state index is 5.54. The molecule has 0 spiro atoms. The number of rotatable bonds is 2. The average molecular weight is 211 g/mol. The number of benzene rings is 1. The first-order chi connectivity index (χ1) is 7.75. The Balaban J connectivity index is 2.27. The Bertz CT molecular complexity index is 504. The summed E-state index contributed by atoms with van der Waals surface area (Å²) in [5, 5.41) is 0. The molecule has 1 aromatic carbocycles. The summed E-state index contributed by atoms with van der Waals surface area (Å²) < 4.78 is 0. The standard InChI is InChI=1S/C13H13N3/c1-10-9-15-13(14)16-12(10)8-7-11-5-3-2-4-6-11/h2-9H,1H3,(H2,14,15,16)/b8-7+. The first kappa shape index (κ1) is 10.4. The summed E-state index contributed by atoms with van der Waals surface area (Å²) >= 11 is 0. The van der Waals surface area contributed by atoms with Crippen LogP contribution in [0.2, 0.25) is 0 Å². The van der Waals surface area contributed by atoms with Gasteiger partial charge in [0.05, 0.1) is 5.69 Å². The molecular formula is C13H13N3. The number of hydrogen-bond donors (Lipinski definition) is 1. The minimum absolute atomic E-state index is 0.304. The van der Waals surface area contributed by atoms with Gasteiger partial charge in [0.2, 0.25) is 5.95 Å². The van der Waals surface area contributed by atoms with Crippen molar-refractivity contribution in [3.8, 4) is 0 Å². The van der Waals surface area contributed by atoms with Gasteiger partial charge in [0, 0.05) is 6.20 Å². The lowest BCUT2D eigenvalue weighted by atomic mass is 10.2. The van der Waals surface area contributed by atoms with Crippen LogP contribution in [0.3, 0.4) is 0 Å². The van der Waals surface area contributed by atoms with Crippen molar-refractivity contribution >= 4 is 18.1 Å². The van der Waals surface area contributed by atoms with E-state index in [-0.39, 0.29) is 0 Å². The van der Waals surface area contributed by atoms with Gasteiger partial charge in [0.15, 0.2) is 0 Å². The number of aromatic nitrogens is 2. The van der Waals surface area contributed by atoms with Gasteiger partial charge in [0.1, 0.15) is 0 Å². The lowest BCUT2D eigenvalue weighted by Crippen LogP contribution is -1.97. The Hall–Kier alpha value is -2.16. The van der Waals surface area contributed by atoms with Crippen molar-refractivity contribution in [2.24, 2.45) is 0 Å². The molecule has 2 aromatic rings. The van der Waals surface area contributed by atoms with Gasteiger partial charge in [0.25, 0.3) is 0 Å². The number of anilines is 1. The van der Waals surface area contributed by atoms with Crippen molar-refractivity contribution in [1.82, 2.24) is 9.97 Å². The molecule has 0 unspecified atom stereocenters. The van der Waals surface area contributed by atoms with Crippen molar-refractivity contribution in [1.29, 1.82) is 0 Å². The monoisotopic (exact) mass is 211 g/mol. The van der Waals surface area contributed by atoms with E-state index in [0.29, 0.717) is 5.95 Å². The van der Waals surface area contributed by atoms with Crippen molar-refractivity contribution in [2.45, 2.75) is 6.92 Å². The summed E-state index contributed by atoms with van der Waals surface area (Å²) in [4.78, 5) is 8.09. The van der Waals surface area contributed by atoms with Gasteiger partial charge in [-0.05, 0) is 24.1 Å². The van der Waals surface area contributed by atoms with Crippen LogP contribution < -0.4 is 5.73 Å². The second-order valence-corrected chi connectivity index (χ2v) is 3.54. The molecule has 0 aliphatic rings. The van der Waals surface area contributed by atoms with E-state index in [9.17, 15) is 0 Å². The Morgan fingerprint density at radius 2 is 1.88 bits per heavy atom. The number of nitrogens with two attached hydrogens (primary N) is 1. The molecule has 80 valence electrons. The Morgan fingerprint density at radius 3 is 2.62 bits per heavy atom. The first-order valence-electron chi connectivity index (χ1n) is 5.08. The molecular weight excluding hydrogens is 198 g/mol. The molecule has 1 heterocycles. The molecule has 0 atom stereocenters. The number of nitrogen functional groups attached to an aromatic ring is 1. The van der Waals surface area contributed by atoms with Crippen LogP contribution in [-0.4, -0.2) is 9.97 Å². The third kappa shape index (κ3) is 2.45. The van der Waals surface area contributed by atoms with Gasteiger partial charge in [-0.25, -0.2) is 9.97 Å². The van der Waals surface area contributed by atoms with E-state index in [1.807, 2.05) is 49.4 Å². The van der Waals surface area contributed by atoms with E-state index in [1.165, 1.54) is 0 Å². The summed E-state index contributed by atoms with van der Waals surface area (Å²) in [5.41, 5.74) is 8.55. The van der Waals surface area contributed by atoms with Gasteiger partial charge < -0.3 is 5.73 Å². The Labute approximate surface area is 94.7 Å². The molecule has 2 N–H and O–H groups in total. The third-order valence-electron chi connectivity index (χ3n) is 2.26. The van der Waals surface area contributed by atoms with E-state index >= 15 is 0 Å². The molecule has 3 nitrogen and oxygen atoms in total. The van der Waals surface area contributed by atoms with Gasteiger partial charge in [-0.2, -0.15) is 0 Å². The number of nitrogens with zero attached hydrogens (tertiary/aromatic N) is 2. The number of aryl methyl sites for hydroxylation is 1. The van der Waals surface area contributed by atoms with Crippen molar-refractivity contribution < 1.29 is 0 Å². The van der Waals surface area contributed by atoms with Crippen molar-refractivity contribution in [2.75, 3.05) is 5.73 Å². The quantitative estimate of drug-likeness (QED) is 0.830. The minimum atomic E-state index is 0.304. The highest BCUT2D eigenvalue weighted by atomic mass is 15.0. The summed E-state index contributed by atoms with van der Waals surface area (Å²) in [6.45, 7) is 1.96. The summed E-state index contributed by atoms with van der Waals surface area (Å²) in [6.07, 6.45) is 5.68. The van der Waals surface area contributed by atoms with Gasteiger partial charge in [-0.1, -0.05) is 36.4 Å². The predicted octanol–water partition coefficient (Wildman–Crippen LogP) is 2.54. The third-order valence-corrected chi connectivity index (χ3v) is 2.26. The van der Waals surface area contributed by atoms with Crippen LogP contribution in [0.1, 0.15) is 16.8 Å². The smallest absolute Gasteiger partial charge is 0.220 e. The largest absolute Gasteiger partial charge is 0.368 e. The molecule has 0 saturated heterocycles. The lowest BCUT2D eigenvalue weighted by Gasteiger charge is -1.99. The highest BCUT2D eigenvalue weighted by Crippen LogP contribution is 2.10. The molecule has 3 heteroatoms. The fraction of sp³-hybridized carbons (Fsp3) is 0.0769. The van der Waals surface area contributed by atoms with Crippen molar-refractivity contribution in [3.05, 3.63) is 53.3 Å². The molecule has 0 aliphatic carbocycles. The molecule has 0 radical (unpaired) electrons. The summed E-state index contributed by atoms with van der Waals surface area (Å²) in [5.74, 6) is 0.304. The topological polar surface area (TPSA) is 51.8 Å². The van der Waals surface area contributed by atoms with Crippen molar-refractivity contribution in [3.63, 3.8) is 0 Å². The zero-order valence-corrected chi connectivity index (χ0v) is 9.09. The van der Waals surface area contributed by atoms with E-state index < -0.39 is 0 Å². The van der Waals surface area contributed by atoms with Gasteiger partial charge in [-0.15, -0.1) is 0 Å². The maximum Gasteiger partial charge on any atom is 0.220 e. The molecule has 2 rings (SSSR count). The highest BCUT2D eigenvalue weighted by Gasteiger charge is 1.97. The molecule has 0 fully saturated rings. The van der Waals surface area contributed by atoms with E-state index in [2.05, 4.69) is 9.97 Å². The second kappa shape index (κ2) is 4.57. The second-order valence-electron chi connectivity index (χ2n) is 3.54. The van der Waals surface area contributed by atoms with Crippen LogP contribution >= 0.6 is 0 Å². The van der Waals surface area contributed by atoms with E-state index in [1.54, 1.807) is 6.20 Å². The average Bonchev–Trinajstić information content (AvgIpc) is 2.32. The fourth-order valence-corrected chi connectivity index (χ4v) is 1.38. The van der Waals surface area contributed by atoms with Gasteiger partial charge in [-0.3, -0.25) is 0 Å². The zero-order chi connectivity index (χ0) is 11.4. The molecule has 16 heavy (non-hydrogen) atoms. The van der Waals surface area contributed by atoms with Crippen LogP contribution in [-0.2, 0) is 0 Å². The molecule has 1 aromatic heterocycles. The normalized spacial score (nSPS) is 10.8. The number of hydrogen-bond acceptors (Lipinski definition) is 3. The summed E-state index contributed by atoms with van der Waals surface area (Å²) in [7, 11) is 0. The predicted molar refractivity (Wildman–Crippen MR) is 66.6 cm³/mol. The summed E-state index contributed by atoms with van der Waals surface area (Å²) in [6, 6.07) is 10.1. The van der Waals surface area contributed by atoms with Gasteiger partial charge >= 0.3 is 0 Å². The van der Waals surface area contributed by atoms with E-state index in [0.717, 1.165) is 16.8 Å². The van der Waals surface area contributed by atoms with Crippen LogP contribution in [0, 0.1) is 6.92 Å². The molecule has 0 aliphatic heterocycles. The Morgan fingerprint density at radius 1 is 1.12 bits per heavy atom. The van der Waals surface area contributed by atoms with E-state index in [4.69, 9.17) is 5.73 Å². The Kier molecular flexibility index (Phi) is 2.96. The van der Waals surface area contributed by atoms with Crippen LogP contribution in [0.25, 0.3) is 12.2 Å². The molecule has 0 amide bonds. The van der Waals surface area contributed by atoms with Crippen LogP contribution in [0.4, 0.5) is 5.95 Å². The minimum Gasteiger partial charge on any atom is -0.368 e.